The summed E-state index contributed by atoms with van der Waals surface area (Å²) in [6, 6.07) is 5.15. The number of nitro groups is 1. The van der Waals surface area contributed by atoms with E-state index in [1.807, 2.05) is 0 Å². The Bertz CT molecular complexity index is 588. The van der Waals surface area contributed by atoms with Gasteiger partial charge in [-0.15, -0.1) is 0 Å². The van der Waals surface area contributed by atoms with E-state index in [9.17, 15) is 19.7 Å². The zero-order chi connectivity index (χ0) is 15.3. The van der Waals surface area contributed by atoms with Crippen LogP contribution >= 0.6 is 0 Å². The summed E-state index contributed by atoms with van der Waals surface area (Å²) in [7, 11) is 2.10. The molecule has 0 fully saturated rings. The van der Waals surface area contributed by atoms with Crippen LogP contribution in [0.15, 0.2) is 18.2 Å². The number of rotatable bonds is 4. The van der Waals surface area contributed by atoms with Gasteiger partial charge in [-0.25, -0.2) is 0 Å². The average Bonchev–Trinajstić information content (AvgIpc) is 2.46. The van der Waals surface area contributed by atoms with Crippen LogP contribution in [-0.4, -0.2) is 31.1 Å². The number of nitro benzene ring substituents is 1. The van der Waals surface area contributed by atoms with Gasteiger partial charge in [0.1, 0.15) is 0 Å². The highest BCUT2D eigenvalue weighted by atomic mass is 16.6. The minimum absolute atomic E-state index is 0.0360. The number of nitriles is 1. The molecule has 104 valence electrons. The molecule has 1 rings (SSSR count). The van der Waals surface area contributed by atoms with Gasteiger partial charge in [0.15, 0.2) is 5.92 Å². The molecule has 0 saturated carbocycles. The highest BCUT2D eigenvalue weighted by Crippen LogP contribution is 2.29. The minimum atomic E-state index is -1.57. The van der Waals surface area contributed by atoms with Gasteiger partial charge >= 0.3 is 11.9 Å². The monoisotopic (exact) mass is 278 g/mol. The van der Waals surface area contributed by atoms with Crippen molar-refractivity contribution in [3.05, 3.63) is 39.4 Å². The lowest BCUT2D eigenvalue weighted by molar-refractivity contribution is -0.385. The summed E-state index contributed by atoms with van der Waals surface area (Å²) in [5.41, 5.74) is -0.675. The quantitative estimate of drug-likeness (QED) is 0.347. The second-order valence-electron chi connectivity index (χ2n) is 3.62. The predicted octanol–water partition coefficient (Wildman–Crippen LogP) is 0.896. The van der Waals surface area contributed by atoms with Gasteiger partial charge in [0.25, 0.3) is 5.69 Å². The SMILES string of the molecule is COC(=O)C(C(=O)OC)c1ccc(C#N)cc1[N+](=O)[O-]. The summed E-state index contributed by atoms with van der Waals surface area (Å²) < 4.78 is 8.91. The largest absolute Gasteiger partial charge is 0.468 e. The van der Waals surface area contributed by atoms with Crippen LogP contribution in [-0.2, 0) is 19.1 Å². The first kappa shape index (κ1) is 15.1. The number of methoxy groups -OCH3 is 2. The Morgan fingerprint density at radius 2 is 1.85 bits per heavy atom. The van der Waals surface area contributed by atoms with Crippen molar-refractivity contribution >= 4 is 17.6 Å². The summed E-state index contributed by atoms with van der Waals surface area (Å²) in [5.74, 6) is -3.53. The molecule has 0 radical (unpaired) electrons. The molecule has 0 aliphatic carbocycles. The summed E-state index contributed by atoms with van der Waals surface area (Å²) in [6.07, 6.45) is 0. The molecule has 0 unspecified atom stereocenters. The van der Waals surface area contributed by atoms with E-state index in [1.54, 1.807) is 6.07 Å². The van der Waals surface area contributed by atoms with Crippen molar-refractivity contribution in [1.29, 1.82) is 5.26 Å². The van der Waals surface area contributed by atoms with E-state index in [-0.39, 0.29) is 11.1 Å². The highest BCUT2D eigenvalue weighted by Gasteiger charge is 2.36. The highest BCUT2D eigenvalue weighted by molar-refractivity contribution is 6.01. The van der Waals surface area contributed by atoms with Crippen molar-refractivity contribution in [2.75, 3.05) is 14.2 Å². The van der Waals surface area contributed by atoms with Crippen molar-refractivity contribution in [2.24, 2.45) is 0 Å². The van der Waals surface area contributed by atoms with Gasteiger partial charge in [0, 0.05) is 6.07 Å². The normalized spacial score (nSPS) is 9.70. The molecular formula is C12H10N2O6. The Kier molecular flexibility index (Phi) is 4.75. The number of carbonyl (C=O) groups excluding carboxylic acids is 2. The summed E-state index contributed by atoms with van der Waals surface area (Å²) in [5, 5.41) is 19.7. The van der Waals surface area contributed by atoms with Gasteiger partial charge < -0.3 is 9.47 Å². The number of benzene rings is 1. The van der Waals surface area contributed by atoms with Crippen molar-refractivity contribution in [1.82, 2.24) is 0 Å². The lowest BCUT2D eigenvalue weighted by Crippen LogP contribution is -2.25. The van der Waals surface area contributed by atoms with Gasteiger partial charge in [-0.3, -0.25) is 19.7 Å². The topological polar surface area (TPSA) is 120 Å². The van der Waals surface area contributed by atoms with Crippen LogP contribution in [0.1, 0.15) is 17.0 Å². The van der Waals surface area contributed by atoms with Crippen LogP contribution in [0.4, 0.5) is 5.69 Å². The Morgan fingerprint density at radius 3 is 2.25 bits per heavy atom. The van der Waals surface area contributed by atoms with E-state index in [2.05, 4.69) is 9.47 Å². The van der Waals surface area contributed by atoms with Crippen LogP contribution in [0, 0.1) is 21.4 Å². The first-order valence-electron chi connectivity index (χ1n) is 5.30. The maximum absolute atomic E-state index is 11.6. The Hall–Kier alpha value is -2.95. The number of esters is 2. The molecule has 0 heterocycles. The van der Waals surface area contributed by atoms with E-state index in [0.29, 0.717) is 0 Å². The maximum Gasteiger partial charge on any atom is 0.324 e. The molecule has 0 atom stereocenters. The number of hydrogen-bond acceptors (Lipinski definition) is 7. The molecule has 0 aromatic heterocycles. The second-order valence-corrected chi connectivity index (χ2v) is 3.62. The van der Waals surface area contributed by atoms with Gasteiger partial charge in [0.05, 0.1) is 36.3 Å². The van der Waals surface area contributed by atoms with Gasteiger partial charge in [0.2, 0.25) is 0 Å². The maximum atomic E-state index is 11.6. The van der Waals surface area contributed by atoms with Crippen LogP contribution in [0.25, 0.3) is 0 Å². The second kappa shape index (κ2) is 6.29. The van der Waals surface area contributed by atoms with E-state index < -0.39 is 28.5 Å². The van der Waals surface area contributed by atoms with Crippen LogP contribution in [0.5, 0.6) is 0 Å². The van der Waals surface area contributed by atoms with Gasteiger partial charge in [-0.1, -0.05) is 0 Å². The molecule has 8 heteroatoms. The molecule has 0 aliphatic rings. The van der Waals surface area contributed by atoms with Crippen molar-refractivity contribution in [2.45, 2.75) is 5.92 Å². The molecule has 1 aromatic rings. The third-order valence-electron chi connectivity index (χ3n) is 2.54. The lowest BCUT2D eigenvalue weighted by Gasteiger charge is -2.12. The Morgan fingerprint density at radius 1 is 1.30 bits per heavy atom. The van der Waals surface area contributed by atoms with Crippen molar-refractivity contribution in [3.8, 4) is 6.07 Å². The third kappa shape index (κ3) is 2.89. The van der Waals surface area contributed by atoms with Crippen molar-refractivity contribution < 1.29 is 24.0 Å². The first-order chi connectivity index (χ1) is 9.46. The fourth-order valence-electron chi connectivity index (χ4n) is 1.60. The van der Waals surface area contributed by atoms with E-state index in [1.165, 1.54) is 6.07 Å². The molecule has 0 amide bonds. The van der Waals surface area contributed by atoms with E-state index in [4.69, 9.17) is 5.26 Å². The molecule has 1 aromatic carbocycles. The minimum Gasteiger partial charge on any atom is -0.468 e. The summed E-state index contributed by atoms with van der Waals surface area (Å²) >= 11 is 0. The zero-order valence-electron chi connectivity index (χ0n) is 10.7. The molecule has 0 aliphatic heterocycles. The molecular weight excluding hydrogens is 268 g/mol. The fourth-order valence-corrected chi connectivity index (χ4v) is 1.60. The number of ether oxygens (including phenoxy) is 2. The molecule has 0 spiro atoms. The Labute approximate surface area is 113 Å². The standard InChI is InChI=1S/C12H10N2O6/c1-19-11(15)10(12(16)20-2)8-4-3-7(6-13)5-9(8)14(17)18/h3-5,10H,1-2H3. The van der Waals surface area contributed by atoms with Crippen LogP contribution < -0.4 is 0 Å². The van der Waals surface area contributed by atoms with E-state index in [0.717, 1.165) is 26.4 Å². The average molecular weight is 278 g/mol. The Balaban J connectivity index is 3.48. The molecule has 0 N–H and O–H groups in total. The predicted molar refractivity (Wildman–Crippen MR) is 64.6 cm³/mol. The van der Waals surface area contributed by atoms with E-state index >= 15 is 0 Å². The number of hydrogen-bond donors (Lipinski definition) is 0. The van der Waals surface area contributed by atoms with Gasteiger partial charge in [-0.05, 0) is 12.1 Å². The fraction of sp³-hybridized carbons (Fsp3) is 0.250. The van der Waals surface area contributed by atoms with Crippen LogP contribution in [0.3, 0.4) is 0 Å². The smallest absolute Gasteiger partial charge is 0.324 e. The summed E-state index contributed by atoms with van der Waals surface area (Å²) in [6.45, 7) is 0. The molecule has 0 saturated heterocycles. The van der Waals surface area contributed by atoms with Crippen molar-refractivity contribution in [3.63, 3.8) is 0 Å². The zero-order valence-corrected chi connectivity index (χ0v) is 10.7. The number of carbonyl (C=O) groups is 2. The third-order valence-corrected chi connectivity index (χ3v) is 2.54. The van der Waals surface area contributed by atoms with Gasteiger partial charge in [-0.2, -0.15) is 5.26 Å². The first-order valence-corrected chi connectivity index (χ1v) is 5.30. The van der Waals surface area contributed by atoms with Crippen LogP contribution in [0.2, 0.25) is 0 Å². The molecule has 8 nitrogen and oxygen atoms in total. The molecule has 20 heavy (non-hydrogen) atoms. The summed E-state index contributed by atoms with van der Waals surface area (Å²) in [4.78, 5) is 33.5. The number of nitrogens with zero attached hydrogens (tertiary/aromatic N) is 2. The lowest BCUT2D eigenvalue weighted by atomic mass is 9.96. The molecule has 0 bridgehead atoms.